The van der Waals surface area contributed by atoms with Gasteiger partial charge in [0.1, 0.15) is 0 Å². The number of nitrogens with zero attached hydrogens (tertiary/aromatic N) is 1. The van der Waals surface area contributed by atoms with Crippen LogP contribution in [0.3, 0.4) is 0 Å². The molecule has 5 nitrogen and oxygen atoms in total. The average molecular weight is 237 g/mol. The Bertz CT molecular complexity index is 389. The molecule has 0 aromatic carbocycles. The van der Waals surface area contributed by atoms with E-state index >= 15 is 0 Å². The number of pyridine rings is 1. The first-order valence-electron chi connectivity index (χ1n) is 5.53. The summed E-state index contributed by atoms with van der Waals surface area (Å²) in [7, 11) is 1.55. The molecule has 5 heteroatoms. The second kappa shape index (κ2) is 6.32. The lowest BCUT2D eigenvalue weighted by atomic mass is 10.2. The lowest BCUT2D eigenvalue weighted by Crippen LogP contribution is -2.28. The Hall–Kier alpha value is -1.46. The highest BCUT2D eigenvalue weighted by molar-refractivity contribution is 5.91. The molecule has 1 heterocycles. The molecular formula is C12H19N3O2. The standard InChI is InChI=1S/C12H19N3O2/c1-8-4-5-11(9(2)14-8)15-12(16)6-10(7-13)17-3/h4-5,10H,6-7,13H2,1-3H3,(H,15,16). The van der Waals surface area contributed by atoms with E-state index in [1.54, 1.807) is 7.11 Å². The summed E-state index contributed by atoms with van der Waals surface area (Å²) in [6.07, 6.45) is 0.00838. The lowest BCUT2D eigenvalue weighted by Gasteiger charge is -2.13. The number of carbonyl (C=O) groups is 1. The number of anilines is 1. The second-order valence-corrected chi connectivity index (χ2v) is 3.93. The number of amides is 1. The summed E-state index contributed by atoms with van der Waals surface area (Å²) in [5.74, 6) is -0.115. The maximum absolute atomic E-state index is 11.7. The van der Waals surface area contributed by atoms with Crippen LogP contribution in [0.15, 0.2) is 12.1 Å². The van der Waals surface area contributed by atoms with Crippen LogP contribution >= 0.6 is 0 Å². The molecule has 3 N–H and O–H groups in total. The molecule has 1 amide bonds. The monoisotopic (exact) mass is 237 g/mol. The first kappa shape index (κ1) is 13.6. The van der Waals surface area contributed by atoms with Crippen molar-refractivity contribution in [3.8, 4) is 0 Å². The molecule has 17 heavy (non-hydrogen) atoms. The molecule has 0 saturated heterocycles. The van der Waals surface area contributed by atoms with Gasteiger partial charge in [-0.05, 0) is 26.0 Å². The minimum absolute atomic E-state index is 0.115. The van der Waals surface area contributed by atoms with Crippen LogP contribution in [0.5, 0.6) is 0 Å². The van der Waals surface area contributed by atoms with Crippen LogP contribution in [0.4, 0.5) is 5.69 Å². The number of hydrogen-bond donors (Lipinski definition) is 2. The zero-order chi connectivity index (χ0) is 12.8. The van der Waals surface area contributed by atoms with Crippen LogP contribution in [-0.2, 0) is 9.53 Å². The van der Waals surface area contributed by atoms with Gasteiger partial charge in [0, 0.05) is 19.3 Å². The van der Waals surface area contributed by atoms with Crippen LogP contribution in [0.25, 0.3) is 0 Å². The maximum Gasteiger partial charge on any atom is 0.227 e. The van der Waals surface area contributed by atoms with E-state index in [2.05, 4.69) is 10.3 Å². The minimum Gasteiger partial charge on any atom is -0.380 e. The van der Waals surface area contributed by atoms with Gasteiger partial charge in [-0.1, -0.05) is 0 Å². The van der Waals surface area contributed by atoms with Gasteiger partial charge in [-0.3, -0.25) is 9.78 Å². The van der Waals surface area contributed by atoms with Crippen molar-refractivity contribution in [2.75, 3.05) is 19.0 Å². The van der Waals surface area contributed by atoms with Crippen molar-refractivity contribution in [3.05, 3.63) is 23.5 Å². The molecule has 1 aromatic heterocycles. The van der Waals surface area contributed by atoms with E-state index in [9.17, 15) is 4.79 Å². The molecule has 0 saturated carbocycles. The molecule has 1 unspecified atom stereocenters. The lowest BCUT2D eigenvalue weighted by molar-refractivity contribution is -0.118. The molecule has 0 spiro atoms. The van der Waals surface area contributed by atoms with E-state index in [1.807, 2.05) is 26.0 Å². The summed E-state index contributed by atoms with van der Waals surface area (Å²) in [5, 5.41) is 2.80. The van der Waals surface area contributed by atoms with Gasteiger partial charge in [-0.2, -0.15) is 0 Å². The van der Waals surface area contributed by atoms with Gasteiger partial charge in [0.15, 0.2) is 0 Å². The fourth-order valence-electron chi connectivity index (χ4n) is 1.49. The number of aryl methyl sites for hydroxylation is 2. The Morgan fingerprint density at radius 1 is 1.53 bits per heavy atom. The highest BCUT2D eigenvalue weighted by atomic mass is 16.5. The van der Waals surface area contributed by atoms with Crippen molar-refractivity contribution in [1.29, 1.82) is 0 Å². The first-order valence-corrected chi connectivity index (χ1v) is 5.53. The number of aromatic nitrogens is 1. The van der Waals surface area contributed by atoms with Crippen molar-refractivity contribution in [3.63, 3.8) is 0 Å². The van der Waals surface area contributed by atoms with E-state index in [-0.39, 0.29) is 18.4 Å². The van der Waals surface area contributed by atoms with Crippen molar-refractivity contribution in [2.24, 2.45) is 5.73 Å². The number of nitrogens with two attached hydrogens (primary N) is 1. The van der Waals surface area contributed by atoms with E-state index in [1.165, 1.54) is 0 Å². The van der Waals surface area contributed by atoms with Gasteiger partial charge in [-0.15, -0.1) is 0 Å². The summed E-state index contributed by atoms with van der Waals surface area (Å²) in [6.45, 7) is 4.10. The SMILES string of the molecule is COC(CN)CC(=O)Nc1ccc(C)nc1C. The normalized spacial score (nSPS) is 12.2. The highest BCUT2D eigenvalue weighted by Gasteiger charge is 2.12. The Balaban J connectivity index is 2.62. The second-order valence-electron chi connectivity index (χ2n) is 3.93. The topological polar surface area (TPSA) is 77.2 Å². The van der Waals surface area contributed by atoms with Crippen LogP contribution in [-0.4, -0.2) is 30.6 Å². The Labute approximate surface area is 101 Å². The quantitative estimate of drug-likeness (QED) is 0.801. The average Bonchev–Trinajstić information content (AvgIpc) is 2.29. The van der Waals surface area contributed by atoms with Crippen molar-refractivity contribution >= 4 is 11.6 Å². The Morgan fingerprint density at radius 3 is 2.76 bits per heavy atom. The zero-order valence-corrected chi connectivity index (χ0v) is 10.5. The summed E-state index contributed by atoms with van der Waals surface area (Å²) < 4.78 is 5.06. The molecule has 1 aromatic rings. The Morgan fingerprint density at radius 2 is 2.24 bits per heavy atom. The fraction of sp³-hybridized carbons (Fsp3) is 0.500. The molecule has 0 aliphatic heterocycles. The molecule has 0 radical (unpaired) electrons. The predicted octanol–water partition coefficient (Wildman–Crippen LogP) is 1.00. The zero-order valence-electron chi connectivity index (χ0n) is 10.5. The van der Waals surface area contributed by atoms with Gasteiger partial charge in [0.25, 0.3) is 0 Å². The largest absolute Gasteiger partial charge is 0.380 e. The smallest absolute Gasteiger partial charge is 0.227 e. The number of rotatable bonds is 5. The number of ether oxygens (including phenoxy) is 1. The van der Waals surface area contributed by atoms with Gasteiger partial charge >= 0.3 is 0 Å². The molecule has 0 bridgehead atoms. The summed E-state index contributed by atoms with van der Waals surface area (Å²) in [6, 6.07) is 3.71. The molecule has 0 aliphatic carbocycles. The molecule has 1 atom stereocenters. The molecule has 1 rings (SSSR count). The summed E-state index contributed by atoms with van der Waals surface area (Å²) in [4.78, 5) is 16.0. The fourth-order valence-corrected chi connectivity index (χ4v) is 1.49. The van der Waals surface area contributed by atoms with E-state index in [0.717, 1.165) is 17.1 Å². The predicted molar refractivity (Wildman–Crippen MR) is 66.8 cm³/mol. The van der Waals surface area contributed by atoms with E-state index in [4.69, 9.17) is 10.5 Å². The molecule has 0 aliphatic rings. The summed E-state index contributed by atoms with van der Waals surface area (Å²) >= 11 is 0. The maximum atomic E-state index is 11.7. The van der Waals surface area contributed by atoms with Gasteiger partial charge in [0.05, 0.1) is 23.9 Å². The number of nitrogens with one attached hydrogen (secondary N) is 1. The van der Waals surface area contributed by atoms with Crippen molar-refractivity contribution < 1.29 is 9.53 Å². The third kappa shape index (κ3) is 4.13. The van der Waals surface area contributed by atoms with Crippen molar-refractivity contribution in [2.45, 2.75) is 26.4 Å². The third-order valence-corrected chi connectivity index (χ3v) is 2.51. The number of hydrogen-bond acceptors (Lipinski definition) is 4. The molecule has 0 fully saturated rings. The number of carbonyl (C=O) groups excluding carboxylic acids is 1. The van der Waals surface area contributed by atoms with Crippen LogP contribution in [0.1, 0.15) is 17.8 Å². The van der Waals surface area contributed by atoms with Crippen LogP contribution in [0, 0.1) is 13.8 Å². The summed E-state index contributed by atoms with van der Waals surface area (Å²) in [5.41, 5.74) is 7.92. The van der Waals surface area contributed by atoms with Crippen LogP contribution in [0.2, 0.25) is 0 Å². The van der Waals surface area contributed by atoms with Gasteiger partial charge < -0.3 is 15.8 Å². The Kier molecular flexibility index (Phi) is 5.06. The van der Waals surface area contributed by atoms with Crippen LogP contribution < -0.4 is 11.1 Å². The third-order valence-electron chi connectivity index (χ3n) is 2.51. The molecular weight excluding hydrogens is 218 g/mol. The van der Waals surface area contributed by atoms with E-state index < -0.39 is 0 Å². The van der Waals surface area contributed by atoms with Crippen molar-refractivity contribution in [1.82, 2.24) is 4.98 Å². The highest BCUT2D eigenvalue weighted by Crippen LogP contribution is 2.13. The van der Waals surface area contributed by atoms with Gasteiger partial charge in [0.2, 0.25) is 5.91 Å². The number of methoxy groups -OCH3 is 1. The minimum atomic E-state index is -0.242. The first-order chi connectivity index (χ1) is 8.06. The molecule has 94 valence electrons. The van der Waals surface area contributed by atoms with Gasteiger partial charge in [-0.25, -0.2) is 0 Å². The van der Waals surface area contributed by atoms with E-state index in [0.29, 0.717) is 6.54 Å².